The topological polar surface area (TPSA) is 78.7 Å². The van der Waals surface area contributed by atoms with Crippen LogP contribution in [0.5, 0.6) is 0 Å². The maximum absolute atomic E-state index is 11.8. The fraction of sp³-hybridized carbons (Fsp3) is 0.714. The summed E-state index contributed by atoms with van der Waals surface area (Å²) in [7, 11) is 0. The Balaban J connectivity index is 1.24. The lowest BCUT2D eigenvalue weighted by Gasteiger charge is -2.33. The van der Waals surface area contributed by atoms with E-state index in [4.69, 9.17) is 5.10 Å². The predicted molar refractivity (Wildman–Crippen MR) is 111 cm³/mol. The molecule has 0 aromatic carbocycles. The number of hydrogen-bond acceptors (Lipinski definition) is 6. The van der Waals surface area contributed by atoms with Gasteiger partial charge in [-0.1, -0.05) is 6.42 Å². The molecule has 1 N–H and O–H groups in total. The maximum atomic E-state index is 11.8. The molecule has 0 saturated carbocycles. The number of hydrogen-bond donors (Lipinski definition) is 1. The molecule has 0 spiro atoms. The maximum Gasteiger partial charge on any atom is 0.220 e. The molecule has 3 aliphatic rings. The largest absolute Gasteiger partial charge is 0.355 e. The highest BCUT2D eigenvalue weighted by molar-refractivity contribution is 5.76. The van der Waals surface area contributed by atoms with Gasteiger partial charge in [-0.15, -0.1) is 15.3 Å². The monoisotopic (exact) mass is 397 g/mol. The lowest BCUT2D eigenvalue weighted by molar-refractivity contribution is -0.121. The van der Waals surface area contributed by atoms with Crippen LogP contribution in [0.3, 0.4) is 0 Å². The summed E-state index contributed by atoms with van der Waals surface area (Å²) in [6.45, 7) is 5.23. The Morgan fingerprint density at radius 1 is 0.966 bits per heavy atom. The van der Waals surface area contributed by atoms with Crippen LogP contribution in [-0.2, 0) is 4.79 Å². The lowest BCUT2D eigenvalue weighted by Crippen LogP contribution is -2.45. The van der Waals surface area contributed by atoms with Crippen molar-refractivity contribution < 1.29 is 4.79 Å². The van der Waals surface area contributed by atoms with Crippen LogP contribution in [0.2, 0.25) is 0 Å². The van der Waals surface area contributed by atoms with Gasteiger partial charge in [0.1, 0.15) is 5.82 Å². The minimum atomic E-state index is 0.220. The molecule has 29 heavy (non-hydrogen) atoms. The van der Waals surface area contributed by atoms with E-state index in [-0.39, 0.29) is 5.91 Å². The summed E-state index contributed by atoms with van der Waals surface area (Å²) >= 11 is 0. The first-order chi connectivity index (χ1) is 14.3. The molecular weight excluding hydrogens is 366 g/mol. The van der Waals surface area contributed by atoms with Gasteiger partial charge in [0.15, 0.2) is 11.5 Å². The van der Waals surface area contributed by atoms with Crippen LogP contribution in [0.15, 0.2) is 12.1 Å². The zero-order chi connectivity index (χ0) is 19.6. The second kappa shape index (κ2) is 8.26. The lowest BCUT2D eigenvalue weighted by atomic mass is 9.95. The summed E-state index contributed by atoms with van der Waals surface area (Å²) in [5.41, 5.74) is 0.839. The molecule has 1 atom stereocenters. The van der Waals surface area contributed by atoms with Crippen LogP contribution in [0.25, 0.3) is 5.65 Å². The number of rotatable bonds is 4. The average Bonchev–Trinajstić information content (AvgIpc) is 3.37. The molecule has 3 fully saturated rings. The van der Waals surface area contributed by atoms with Crippen molar-refractivity contribution in [3.8, 4) is 0 Å². The Morgan fingerprint density at radius 3 is 2.62 bits per heavy atom. The number of likely N-dealkylation sites (tertiary alicyclic amines) is 1. The predicted octanol–water partition coefficient (Wildman–Crippen LogP) is 1.96. The molecule has 1 unspecified atom stereocenters. The molecule has 3 aliphatic heterocycles. The number of anilines is 1. The highest BCUT2D eigenvalue weighted by Crippen LogP contribution is 2.28. The Labute approximate surface area is 171 Å². The Hall–Kier alpha value is -2.22. The van der Waals surface area contributed by atoms with Crippen LogP contribution in [0.1, 0.15) is 63.1 Å². The fourth-order valence-electron chi connectivity index (χ4n) is 5.04. The molecule has 3 saturated heterocycles. The van der Waals surface area contributed by atoms with E-state index in [1.165, 1.54) is 12.8 Å². The van der Waals surface area contributed by atoms with Crippen LogP contribution >= 0.6 is 0 Å². The minimum Gasteiger partial charge on any atom is -0.355 e. The number of carbonyl (C=O) groups is 1. The third kappa shape index (κ3) is 4.08. The van der Waals surface area contributed by atoms with E-state index in [2.05, 4.69) is 31.4 Å². The third-order valence-corrected chi connectivity index (χ3v) is 6.71. The first kappa shape index (κ1) is 18.8. The van der Waals surface area contributed by atoms with Crippen LogP contribution in [0.4, 0.5) is 5.82 Å². The quantitative estimate of drug-likeness (QED) is 0.850. The summed E-state index contributed by atoms with van der Waals surface area (Å²) in [4.78, 5) is 16.7. The van der Waals surface area contributed by atoms with E-state index in [0.29, 0.717) is 18.4 Å². The SMILES string of the molecule is O=C1CCCCC(CN2CCC(c3nnc4ccc(N5CCCC5)nn34)CC2)N1. The molecule has 0 radical (unpaired) electrons. The Bertz CT molecular complexity index is 852. The van der Waals surface area contributed by atoms with Gasteiger partial charge in [0, 0.05) is 38.0 Å². The molecule has 8 heteroatoms. The van der Waals surface area contributed by atoms with Gasteiger partial charge in [0.05, 0.1) is 0 Å². The standard InChI is InChI=1S/C21H31N7O/c29-20-6-2-1-5-17(22-20)15-26-13-9-16(10-14-26)21-24-23-18-7-8-19(25-28(18)21)27-11-3-4-12-27/h7-8,16-17H,1-6,9-15H2,(H,22,29). The zero-order valence-corrected chi connectivity index (χ0v) is 17.1. The van der Waals surface area contributed by atoms with E-state index in [9.17, 15) is 4.79 Å². The first-order valence-corrected chi connectivity index (χ1v) is 11.3. The van der Waals surface area contributed by atoms with Crippen molar-refractivity contribution in [1.29, 1.82) is 0 Å². The van der Waals surface area contributed by atoms with Crippen LogP contribution < -0.4 is 10.2 Å². The van der Waals surface area contributed by atoms with Crippen molar-refractivity contribution in [3.05, 3.63) is 18.0 Å². The molecule has 5 rings (SSSR count). The van der Waals surface area contributed by atoms with Crippen LogP contribution in [-0.4, -0.2) is 69.4 Å². The van der Waals surface area contributed by atoms with Crippen molar-refractivity contribution in [2.45, 2.75) is 63.3 Å². The molecular formula is C21H31N7O. The summed E-state index contributed by atoms with van der Waals surface area (Å²) < 4.78 is 1.97. The fourth-order valence-corrected chi connectivity index (χ4v) is 5.04. The van der Waals surface area contributed by atoms with Crippen molar-refractivity contribution in [1.82, 2.24) is 30.0 Å². The molecule has 2 aromatic heterocycles. The van der Waals surface area contributed by atoms with Gasteiger partial charge in [-0.25, -0.2) is 0 Å². The van der Waals surface area contributed by atoms with Gasteiger partial charge in [0.2, 0.25) is 5.91 Å². The summed E-state index contributed by atoms with van der Waals surface area (Å²) in [6, 6.07) is 4.42. The van der Waals surface area contributed by atoms with E-state index in [1.807, 2.05) is 10.6 Å². The molecule has 0 aliphatic carbocycles. The van der Waals surface area contributed by atoms with Gasteiger partial charge >= 0.3 is 0 Å². The Kier molecular flexibility index (Phi) is 5.35. The van der Waals surface area contributed by atoms with E-state index < -0.39 is 0 Å². The highest BCUT2D eigenvalue weighted by Gasteiger charge is 2.27. The highest BCUT2D eigenvalue weighted by atomic mass is 16.1. The molecule has 2 aromatic rings. The second-order valence-electron chi connectivity index (χ2n) is 8.80. The normalized spacial score (nSPS) is 24.8. The van der Waals surface area contributed by atoms with E-state index in [1.54, 1.807) is 0 Å². The third-order valence-electron chi connectivity index (χ3n) is 6.71. The number of nitrogens with zero attached hydrogens (tertiary/aromatic N) is 6. The Morgan fingerprint density at radius 2 is 1.79 bits per heavy atom. The molecule has 8 nitrogen and oxygen atoms in total. The summed E-state index contributed by atoms with van der Waals surface area (Å²) in [5.74, 6) is 2.66. The molecule has 5 heterocycles. The number of fused-ring (bicyclic) bond motifs is 1. The van der Waals surface area contributed by atoms with Gasteiger partial charge in [-0.3, -0.25) is 4.79 Å². The minimum absolute atomic E-state index is 0.220. The zero-order valence-electron chi connectivity index (χ0n) is 17.1. The summed E-state index contributed by atoms with van der Waals surface area (Å²) in [5, 5.41) is 17.0. The number of nitrogens with one attached hydrogen (secondary N) is 1. The van der Waals surface area contributed by atoms with Crippen molar-refractivity contribution in [2.75, 3.05) is 37.6 Å². The van der Waals surface area contributed by atoms with Crippen LogP contribution in [0, 0.1) is 0 Å². The van der Waals surface area contributed by atoms with Gasteiger partial charge in [0.25, 0.3) is 0 Å². The van der Waals surface area contributed by atoms with Crippen molar-refractivity contribution >= 4 is 17.4 Å². The number of aromatic nitrogens is 4. The van der Waals surface area contributed by atoms with E-state index in [0.717, 1.165) is 82.1 Å². The first-order valence-electron chi connectivity index (χ1n) is 11.3. The van der Waals surface area contributed by atoms with Crippen molar-refractivity contribution in [3.63, 3.8) is 0 Å². The average molecular weight is 398 g/mol. The number of piperidine rings is 1. The molecule has 0 bridgehead atoms. The number of amides is 1. The molecule has 1 amide bonds. The van der Waals surface area contributed by atoms with Gasteiger partial charge in [-0.05, 0) is 63.7 Å². The summed E-state index contributed by atoms with van der Waals surface area (Å²) in [6.07, 6.45) is 8.58. The van der Waals surface area contributed by atoms with Gasteiger partial charge in [-0.2, -0.15) is 4.52 Å². The second-order valence-corrected chi connectivity index (χ2v) is 8.80. The number of carbonyl (C=O) groups excluding carboxylic acids is 1. The van der Waals surface area contributed by atoms with E-state index >= 15 is 0 Å². The smallest absolute Gasteiger partial charge is 0.220 e. The van der Waals surface area contributed by atoms with Gasteiger partial charge < -0.3 is 15.1 Å². The molecule has 156 valence electrons. The van der Waals surface area contributed by atoms with Crippen molar-refractivity contribution in [2.24, 2.45) is 0 Å².